The van der Waals surface area contributed by atoms with Gasteiger partial charge < -0.3 is 14.9 Å². The molecule has 1 aromatic carbocycles. The summed E-state index contributed by atoms with van der Waals surface area (Å²) >= 11 is 0. The quantitative estimate of drug-likeness (QED) is 0.757. The number of anilines is 1. The highest BCUT2D eigenvalue weighted by atomic mass is 16.5. The second kappa shape index (κ2) is 5.20. The Balaban J connectivity index is 1.97. The molecule has 3 rings (SSSR count). The maximum absolute atomic E-state index is 11.1. The Labute approximate surface area is 119 Å². The first kappa shape index (κ1) is 13.0. The lowest BCUT2D eigenvalue weighted by atomic mass is 10.2. The topological polar surface area (TPSA) is 101 Å². The van der Waals surface area contributed by atoms with E-state index < -0.39 is 5.97 Å². The highest BCUT2D eigenvalue weighted by Crippen LogP contribution is 2.20. The Morgan fingerprint density at radius 1 is 1.33 bits per heavy atom. The van der Waals surface area contributed by atoms with Gasteiger partial charge in [-0.05, 0) is 19.1 Å². The molecule has 21 heavy (non-hydrogen) atoms. The second-order valence-electron chi connectivity index (χ2n) is 4.50. The smallest absolute Gasteiger partial charge is 0.374 e. The Kier molecular flexibility index (Phi) is 3.23. The van der Waals surface area contributed by atoms with Crippen molar-refractivity contribution in [2.24, 2.45) is 0 Å². The first-order valence-corrected chi connectivity index (χ1v) is 6.29. The lowest BCUT2D eigenvalue weighted by Crippen LogP contribution is -2.09. The number of nitrogens with one attached hydrogen (secondary N) is 1. The van der Waals surface area contributed by atoms with Crippen LogP contribution in [0.3, 0.4) is 0 Å². The Hall–Kier alpha value is -2.96. The molecule has 0 amide bonds. The molecule has 0 aliphatic rings. The monoisotopic (exact) mass is 284 g/mol. The number of nitrogens with zero attached hydrogens (tertiary/aromatic N) is 3. The van der Waals surface area contributed by atoms with Crippen LogP contribution in [-0.2, 0) is 6.54 Å². The van der Waals surface area contributed by atoms with Gasteiger partial charge in [-0.25, -0.2) is 14.8 Å². The first-order valence-electron chi connectivity index (χ1n) is 6.29. The van der Waals surface area contributed by atoms with Crippen LogP contribution in [0.4, 0.5) is 5.82 Å². The predicted octanol–water partition coefficient (Wildman–Crippen LogP) is 2.24. The number of carboxylic acid groups (broad SMARTS) is 1. The molecule has 2 aromatic heterocycles. The van der Waals surface area contributed by atoms with Crippen LogP contribution in [-0.4, -0.2) is 26.2 Å². The maximum Gasteiger partial charge on any atom is 0.374 e. The van der Waals surface area contributed by atoms with Gasteiger partial charge in [-0.2, -0.15) is 0 Å². The summed E-state index contributed by atoms with van der Waals surface area (Å²) in [4.78, 5) is 19.1. The number of hydrogen-bond acceptors (Lipinski definition) is 6. The molecule has 3 aromatic rings. The molecule has 0 bridgehead atoms. The number of hydrogen-bond donors (Lipinski definition) is 2. The average molecular weight is 284 g/mol. The Morgan fingerprint density at radius 3 is 2.86 bits per heavy atom. The van der Waals surface area contributed by atoms with E-state index in [-0.39, 0.29) is 5.82 Å². The number of aromatic nitrogens is 3. The molecule has 0 fully saturated rings. The lowest BCUT2D eigenvalue weighted by Gasteiger charge is -2.08. The van der Waals surface area contributed by atoms with E-state index >= 15 is 0 Å². The number of benzene rings is 1. The van der Waals surface area contributed by atoms with Gasteiger partial charge in [-0.15, -0.1) is 0 Å². The molecule has 0 saturated carbocycles. The lowest BCUT2D eigenvalue weighted by molar-refractivity contribution is 0.0684. The van der Waals surface area contributed by atoms with Gasteiger partial charge >= 0.3 is 5.97 Å². The molecule has 0 unspecified atom stereocenters. The van der Waals surface area contributed by atoms with Crippen molar-refractivity contribution in [1.82, 2.24) is 15.1 Å². The van der Waals surface area contributed by atoms with E-state index in [0.29, 0.717) is 29.3 Å². The van der Waals surface area contributed by atoms with Crippen LogP contribution in [0.25, 0.3) is 10.9 Å². The molecule has 0 radical (unpaired) electrons. The Bertz CT molecular complexity index is 813. The van der Waals surface area contributed by atoms with Gasteiger partial charge in [0.15, 0.2) is 0 Å². The van der Waals surface area contributed by atoms with Crippen molar-refractivity contribution in [3.63, 3.8) is 0 Å². The van der Waals surface area contributed by atoms with Crippen LogP contribution in [0.1, 0.15) is 22.1 Å². The van der Waals surface area contributed by atoms with Crippen molar-refractivity contribution >= 4 is 22.7 Å². The van der Waals surface area contributed by atoms with Gasteiger partial charge in [0, 0.05) is 11.5 Å². The molecular formula is C14H12N4O3. The second-order valence-corrected chi connectivity index (χ2v) is 4.50. The third-order valence-electron chi connectivity index (χ3n) is 2.91. The van der Waals surface area contributed by atoms with Crippen LogP contribution >= 0.6 is 0 Å². The molecule has 0 spiro atoms. The SMILES string of the molecule is Cc1cc(CNc2nc(C(=O)O)nc3ccccc23)no1. The number of aromatic carboxylic acids is 1. The molecular weight excluding hydrogens is 272 g/mol. The third-order valence-corrected chi connectivity index (χ3v) is 2.91. The number of carbonyl (C=O) groups is 1. The minimum atomic E-state index is -1.17. The first-order chi connectivity index (χ1) is 10.1. The standard InChI is InChI=1S/C14H12N4O3/c1-8-6-9(18-21-8)7-15-12-10-4-2-3-5-11(10)16-13(17-12)14(19)20/h2-6H,7H2,1H3,(H,19,20)(H,15,16,17). The van der Waals surface area contributed by atoms with Gasteiger partial charge in [0.25, 0.3) is 0 Å². The highest BCUT2D eigenvalue weighted by molar-refractivity contribution is 5.93. The van der Waals surface area contributed by atoms with E-state index in [9.17, 15) is 4.79 Å². The zero-order valence-electron chi connectivity index (χ0n) is 11.2. The molecule has 2 heterocycles. The van der Waals surface area contributed by atoms with Crippen LogP contribution in [0, 0.1) is 6.92 Å². The fourth-order valence-electron chi connectivity index (χ4n) is 1.98. The number of para-hydroxylation sites is 1. The summed E-state index contributed by atoms with van der Waals surface area (Å²) in [6, 6.07) is 9.02. The molecule has 2 N–H and O–H groups in total. The molecule has 106 valence electrons. The fraction of sp³-hybridized carbons (Fsp3) is 0.143. The van der Waals surface area contributed by atoms with Crippen LogP contribution in [0.2, 0.25) is 0 Å². The summed E-state index contributed by atoms with van der Waals surface area (Å²) in [6.45, 7) is 2.19. The molecule has 0 aliphatic carbocycles. The van der Waals surface area contributed by atoms with Gasteiger partial charge in [-0.1, -0.05) is 17.3 Å². The zero-order chi connectivity index (χ0) is 14.8. The maximum atomic E-state index is 11.1. The van der Waals surface area contributed by atoms with E-state index in [1.54, 1.807) is 25.1 Å². The van der Waals surface area contributed by atoms with Crippen LogP contribution < -0.4 is 5.32 Å². The summed E-state index contributed by atoms with van der Waals surface area (Å²) in [5.41, 5.74) is 1.29. The molecule has 0 aliphatic heterocycles. The number of aryl methyl sites for hydroxylation is 1. The summed E-state index contributed by atoms with van der Waals surface area (Å²) in [5, 5.41) is 16.8. The van der Waals surface area contributed by atoms with Crippen LogP contribution in [0.5, 0.6) is 0 Å². The van der Waals surface area contributed by atoms with Crippen molar-refractivity contribution in [2.75, 3.05) is 5.32 Å². The van der Waals surface area contributed by atoms with Gasteiger partial charge in [0.1, 0.15) is 17.3 Å². The van der Waals surface area contributed by atoms with Crippen molar-refractivity contribution < 1.29 is 14.4 Å². The largest absolute Gasteiger partial charge is 0.475 e. The number of carboxylic acids is 1. The van der Waals surface area contributed by atoms with Gasteiger partial charge in [0.2, 0.25) is 5.82 Å². The van der Waals surface area contributed by atoms with Crippen molar-refractivity contribution in [1.29, 1.82) is 0 Å². The summed E-state index contributed by atoms with van der Waals surface area (Å²) in [6.07, 6.45) is 0. The summed E-state index contributed by atoms with van der Waals surface area (Å²) in [7, 11) is 0. The van der Waals surface area contributed by atoms with Crippen molar-refractivity contribution in [3.8, 4) is 0 Å². The summed E-state index contributed by atoms with van der Waals surface area (Å²) < 4.78 is 4.99. The van der Waals surface area contributed by atoms with E-state index in [4.69, 9.17) is 9.63 Å². The number of fused-ring (bicyclic) bond motifs is 1. The van der Waals surface area contributed by atoms with Crippen molar-refractivity contribution in [3.05, 3.63) is 47.6 Å². The number of rotatable bonds is 4. The fourth-order valence-corrected chi connectivity index (χ4v) is 1.98. The van der Waals surface area contributed by atoms with Crippen molar-refractivity contribution in [2.45, 2.75) is 13.5 Å². The molecule has 0 atom stereocenters. The zero-order valence-corrected chi connectivity index (χ0v) is 11.2. The van der Waals surface area contributed by atoms with E-state index in [2.05, 4.69) is 20.4 Å². The molecule has 0 saturated heterocycles. The minimum Gasteiger partial charge on any atom is -0.475 e. The summed E-state index contributed by atoms with van der Waals surface area (Å²) in [5.74, 6) is -0.238. The van der Waals surface area contributed by atoms with E-state index in [1.807, 2.05) is 12.1 Å². The third kappa shape index (κ3) is 2.66. The average Bonchev–Trinajstić information content (AvgIpc) is 2.90. The minimum absolute atomic E-state index is 0.243. The highest BCUT2D eigenvalue weighted by Gasteiger charge is 2.12. The van der Waals surface area contributed by atoms with E-state index in [0.717, 1.165) is 5.39 Å². The molecule has 7 nitrogen and oxygen atoms in total. The normalized spacial score (nSPS) is 10.7. The van der Waals surface area contributed by atoms with Crippen LogP contribution in [0.15, 0.2) is 34.9 Å². The molecule has 7 heteroatoms. The predicted molar refractivity (Wildman–Crippen MR) is 75.1 cm³/mol. The van der Waals surface area contributed by atoms with E-state index in [1.165, 1.54) is 0 Å². The van der Waals surface area contributed by atoms with Gasteiger partial charge in [0.05, 0.1) is 12.1 Å². The Morgan fingerprint density at radius 2 is 2.14 bits per heavy atom. The van der Waals surface area contributed by atoms with Gasteiger partial charge in [-0.3, -0.25) is 0 Å².